The van der Waals surface area contributed by atoms with E-state index in [0.717, 1.165) is 6.07 Å². The van der Waals surface area contributed by atoms with Gasteiger partial charge in [0.25, 0.3) is 0 Å². The molecule has 0 atom stereocenters. The van der Waals surface area contributed by atoms with Crippen molar-refractivity contribution in [1.82, 2.24) is 9.55 Å². The quantitative estimate of drug-likeness (QED) is 0.712. The predicted molar refractivity (Wildman–Crippen MR) is 82.4 cm³/mol. The molecule has 2 aromatic rings. The summed E-state index contributed by atoms with van der Waals surface area (Å²) in [6.45, 7) is 9.15. The van der Waals surface area contributed by atoms with Gasteiger partial charge in [-0.1, -0.05) is 27.7 Å². The maximum Gasteiger partial charge on any atom is 0.184 e. The summed E-state index contributed by atoms with van der Waals surface area (Å²) in [7, 11) is 0. The third-order valence-electron chi connectivity index (χ3n) is 4.10. The Kier molecular flexibility index (Phi) is 4.87. The van der Waals surface area contributed by atoms with Crippen LogP contribution in [0.1, 0.15) is 33.5 Å². The van der Waals surface area contributed by atoms with Gasteiger partial charge in [0.1, 0.15) is 11.3 Å². The van der Waals surface area contributed by atoms with Crippen molar-refractivity contribution < 1.29 is 8.78 Å². The molecule has 0 saturated carbocycles. The summed E-state index contributed by atoms with van der Waals surface area (Å²) >= 11 is 5.94. The van der Waals surface area contributed by atoms with Gasteiger partial charge >= 0.3 is 0 Å². The molecule has 0 spiro atoms. The number of imidazole rings is 1. The van der Waals surface area contributed by atoms with Crippen molar-refractivity contribution in [3.8, 4) is 0 Å². The molecule has 21 heavy (non-hydrogen) atoms. The lowest BCUT2D eigenvalue weighted by Crippen LogP contribution is -2.23. The van der Waals surface area contributed by atoms with Gasteiger partial charge in [-0.3, -0.25) is 0 Å². The summed E-state index contributed by atoms with van der Waals surface area (Å²) in [6.07, 6.45) is 0. The highest BCUT2D eigenvalue weighted by atomic mass is 35.5. The lowest BCUT2D eigenvalue weighted by atomic mass is 9.85. The van der Waals surface area contributed by atoms with E-state index in [1.807, 2.05) is 0 Å². The molecule has 1 aromatic carbocycles. The zero-order valence-electron chi connectivity index (χ0n) is 12.8. The number of benzene rings is 1. The van der Waals surface area contributed by atoms with Gasteiger partial charge in [0.2, 0.25) is 0 Å². The van der Waals surface area contributed by atoms with Gasteiger partial charge < -0.3 is 4.57 Å². The van der Waals surface area contributed by atoms with Gasteiger partial charge in [-0.25, -0.2) is 13.8 Å². The third-order valence-corrected chi connectivity index (χ3v) is 4.34. The first kappa shape index (κ1) is 16.2. The first-order valence-electron chi connectivity index (χ1n) is 7.25. The fraction of sp³-hybridized carbons (Fsp3) is 0.562. The number of halogens is 3. The van der Waals surface area contributed by atoms with Crippen LogP contribution in [0, 0.1) is 29.4 Å². The van der Waals surface area contributed by atoms with Crippen molar-refractivity contribution in [3.63, 3.8) is 0 Å². The summed E-state index contributed by atoms with van der Waals surface area (Å²) in [5.74, 6) is 0.274. The number of fused-ring (bicyclic) bond motifs is 1. The SMILES string of the molecule is CC(C)C(Cn1c(CCl)nc2ccc(F)c(F)c21)C(C)C. The fourth-order valence-electron chi connectivity index (χ4n) is 2.91. The molecule has 116 valence electrons. The van der Waals surface area contributed by atoms with Crippen molar-refractivity contribution in [2.75, 3.05) is 0 Å². The lowest BCUT2D eigenvalue weighted by Gasteiger charge is -2.26. The monoisotopic (exact) mass is 314 g/mol. The molecular formula is C16H21ClF2N2. The van der Waals surface area contributed by atoms with Crippen molar-refractivity contribution in [1.29, 1.82) is 0 Å². The molecule has 0 aliphatic rings. The van der Waals surface area contributed by atoms with Crippen LogP contribution < -0.4 is 0 Å². The van der Waals surface area contributed by atoms with Gasteiger partial charge in [-0.05, 0) is 29.9 Å². The van der Waals surface area contributed by atoms with E-state index in [1.165, 1.54) is 6.07 Å². The molecule has 2 nitrogen and oxygen atoms in total. The Morgan fingerprint density at radius 2 is 1.76 bits per heavy atom. The molecule has 0 bridgehead atoms. The number of rotatable bonds is 5. The van der Waals surface area contributed by atoms with Crippen molar-refractivity contribution >= 4 is 22.6 Å². The fourth-order valence-corrected chi connectivity index (χ4v) is 3.11. The molecule has 0 aliphatic carbocycles. The summed E-state index contributed by atoms with van der Waals surface area (Å²) in [5, 5.41) is 0. The summed E-state index contributed by atoms with van der Waals surface area (Å²) < 4.78 is 29.5. The maximum atomic E-state index is 14.2. The van der Waals surface area contributed by atoms with Crippen LogP contribution in [-0.2, 0) is 12.4 Å². The Bertz CT molecular complexity index is 627. The molecule has 1 aromatic heterocycles. The molecular weight excluding hydrogens is 294 g/mol. The smallest absolute Gasteiger partial charge is 0.184 e. The minimum absolute atomic E-state index is 0.179. The van der Waals surface area contributed by atoms with Crippen LogP contribution in [0.3, 0.4) is 0 Å². The highest BCUT2D eigenvalue weighted by Gasteiger charge is 2.23. The molecule has 0 amide bonds. The van der Waals surface area contributed by atoms with Crippen LogP contribution in [0.4, 0.5) is 8.78 Å². The van der Waals surface area contributed by atoms with E-state index in [0.29, 0.717) is 35.6 Å². The van der Waals surface area contributed by atoms with Gasteiger partial charge in [0.15, 0.2) is 11.6 Å². The molecule has 1 heterocycles. The van der Waals surface area contributed by atoms with E-state index >= 15 is 0 Å². The molecule has 0 saturated heterocycles. The van der Waals surface area contributed by atoms with Crippen molar-refractivity contribution in [3.05, 3.63) is 29.6 Å². The number of aromatic nitrogens is 2. The largest absolute Gasteiger partial charge is 0.324 e. The van der Waals surface area contributed by atoms with Gasteiger partial charge in [0.05, 0.1) is 11.4 Å². The van der Waals surface area contributed by atoms with Gasteiger partial charge in [-0.2, -0.15) is 0 Å². The summed E-state index contributed by atoms with van der Waals surface area (Å²) in [6, 6.07) is 2.61. The predicted octanol–water partition coefficient (Wildman–Crippen LogP) is 4.98. The van der Waals surface area contributed by atoms with E-state index in [1.54, 1.807) is 4.57 Å². The highest BCUT2D eigenvalue weighted by Crippen LogP contribution is 2.28. The Hall–Kier alpha value is -1.16. The summed E-state index contributed by atoms with van der Waals surface area (Å²) in [4.78, 5) is 4.33. The summed E-state index contributed by atoms with van der Waals surface area (Å²) in [5.41, 5.74) is 0.674. The highest BCUT2D eigenvalue weighted by molar-refractivity contribution is 6.16. The second kappa shape index (κ2) is 6.30. The van der Waals surface area contributed by atoms with E-state index in [9.17, 15) is 8.78 Å². The Morgan fingerprint density at radius 3 is 2.29 bits per heavy atom. The second-order valence-corrected chi connectivity index (χ2v) is 6.42. The number of nitrogens with zero attached hydrogens (tertiary/aromatic N) is 2. The van der Waals surface area contributed by atoms with E-state index in [-0.39, 0.29) is 11.4 Å². The van der Waals surface area contributed by atoms with Gasteiger partial charge in [-0.15, -0.1) is 11.6 Å². The zero-order valence-corrected chi connectivity index (χ0v) is 13.6. The third kappa shape index (κ3) is 3.05. The van der Waals surface area contributed by atoms with Gasteiger partial charge in [0, 0.05) is 6.54 Å². The van der Waals surface area contributed by atoms with E-state index < -0.39 is 11.6 Å². The van der Waals surface area contributed by atoms with E-state index in [2.05, 4.69) is 32.7 Å². The van der Waals surface area contributed by atoms with Crippen LogP contribution >= 0.6 is 11.6 Å². The number of alkyl halides is 1. The number of hydrogen-bond donors (Lipinski definition) is 0. The number of hydrogen-bond acceptors (Lipinski definition) is 1. The first-order valence-corrected chi connectivity index (χ1v) is 7.79. The Balaban J connectivity index is 2.58. The standard InChI is InChI=1S/C16H21ClF2N2/c1-9(2)11(10(3)4)8-21-14(7-17)20-13-6-5-12(18)15(19)16(13)21/h5-6,9-11H,7-8H2,1-4H3. The van der Waals surface area contributed by atoms with Crippen LogP contribution in [0.25, 0.3) is 11.0 Å². The lowest BCUT2D eigenvalue weighted by molar-refractivity contribution is 0.252. The molecule has 2 rings (SSSR count). The van der Waals surface area contributed by atoms with Crippen LogP contribution in [0.5, 0.6) is 0 Å². The van der Waals surface area contributed by atoms with E-state index in [4.69, 9.17) is 11.6 Å². The normalized spacial score (nSPS) is 12.3. The molecule has 5 heteroatoms. The molecule has 0 N–H and O–H groups in total. The Morgan fingerprint density at radius 1 is 1.14 bits per heavy atom. The van der Waals surface area contributed by atoms with Crippen molar-refractivity contribution in [2.24, 2.45) is 17.8 Å². The zero-order chi connectivity index (χ0) is 15.7. The minimum atomic E-state index is -0.851. The second-order valence-electron chi connectivity index (χ2n) is 6.15. The van der Waals surface area contributed by atoms with Crippen molar-refractivity contribution in [2.45, 2.75) is 40.1 Å². The topological polar surface area (TPSA) is 17.8 Å². The van der Waals surface area contributed by atoms with Crippen LogP contribution in [-0.4, -0.2) is 9.55 Å². The average molecular weight is 315 g/mol. The first-order chi connectivity index (χ1) is 9.86. The van der Waals surface area contributed by atoms with Crippen LogP contribution in [0.2, 0.25) is 0 Å². The molecule has 0 aliphatic heterocycles. The molecule has 0 fully saturated rings. The average Bonchev–Trinajstić information content (AvgIpc) is 2.77. The molecule has 0 radical (unpaired) electrons. The maximum absolute atomic E-state index is 14.2. The minimum Gasteiger partial charge on any atom is -0.324 e. The van der Waals surface area contributed by atoms with Crippen LogP contribution in [0.15, 0.2) is 12.1 Å². The molecule has 0 unspecified atom stereocenters. The Labute approximate surface area is 129 Å².